The summed E-state index contributed by atoms with van der Waals surface area (Å²) in [6, 6.07) is 15.5. The molecule has 5 heteroatoms. The number of aryl methyl sites for hydroxylation is 1. The van der Waals surface area contributed by atoms with E-state index in [2.05, 4.69) is 12.2 Å². The van der Waals surface area contributed by atoms with E-state index in [9.17, 15) is 9.59 Å². The molecule has 1 unspecified atom stereocenters. The van der Waals surface area contributed by atoms with Crippen LogP contribution in [-0.4, -0.2) is 25.5 Å². The molecule has 1 atom stereocenters. The molecule has 0 radical (unpaired) electrons. The number of nitrogens with zero attached hydrogens (tertiary/aromatic N) is 1. The first-order valence-corrected chi connectivity index (χ1v) is 8.91. The van der Waals surface area contributed by atoms with Crippen LogP contribution in [0.25, 0.3) is 0 Å². The van der Waals surface area contributed by atoms with Gasteiger partial charge in [0.1, 0.15) is 5.75 Å². The zero-order chi connectivity index (χ0) is 18.5. The molecule has 5 nitrogen and oxygen atoms in total. The Hall–Kier alpha value is -2.82. The fourth-order valence-corrected chi connectivity index (χ4v) is 3.31. The number of methoxy groups -OCH3 is 1. The van der Waals surface area contributed by atoms with Crippen LogP contribution in [0, 0.1) is 5.92 Å². The lowest BCUT2D eigenvalue weighted by molar-refractivity contribution is -0.126. The van der Waals surface area contributed by atoms with Crippen LogP contribution in [0.2, 0.25) is 0 Å². The molecule has 0 bridgehead atoms. The van der Waals surface area contributed by atoms with Crippen LogP contribution in [0.5, 0.6) is 5.75 Å². The van der Waals surface area contributed by atoms with Gasteiger partial charge in [0.05, 0.1) is 13.0 Å². The van der Waals surface area contributed by atoms with E-state index in [0.717, 1.165) is 29.0 Å². The molecule has 3 rings (SSSR count). The molecule has 2 amide bonds. The number of carbonyl (C=O) groups excluding carboxylic acids is 2. The van der Waals surface area contributed by atoms with E-state index in [4.69, 9.17) is 4.74 Å². The van der Waals surface area contributed by atoms with Crippen molar-refractivity contribution >= 4 is 17.5 Å². The van der Waals surface area contributed by atoms with E-state index >= 15 is 0 Å². The molecular weight excluding hydrogens is 328 g/mol. The zero-order valence-electron chi connectivity index (χ0n) is 15.2. The smallest absolute Gasteiger partial charge is 0.227 e. The van der Waals surface area contributed by atoms with Gasteiger partial charge in [0, 0.05) is 25.2 Å². The van der Waals surface area contributed by atoms with Crippen molar-refractivity contribution in [1.82, 2.24) is 5.32 Å². The van der Waals surface area contributed by atoms with E-state index in [-0.39, 0.29) is 24.2 Å². The van der Waals surface area contributed by atoms with E-state index in [0.29, 0.717) is 13.1 Å². The Labute approximate surface area is 154 Å². The fourth-order valence-electron chi connectivity index (χ4n) is 3.31. The lowest BCUT2D eigenvalue weighted by atomic mass is 10.1. The largest absolute Gasteiger partial charge is 0.497 e. The Bertz CT molecular complexity index is 803. The average Bonchev–Trinajstić information content (AvgIpc) is 3.07. The summed E-state index contributed by atoms with van der Waals surface area (Å²) in [5, 5.41) is 2.94. The Kier molecular flexibility index (Phi) is 5.56. The van der Waals surface area contributed by atoms with Crippen LogP contribution in [0.4, 0.5) is 5.69 Å². The van der Waals surface area contributed by atoms with Gasteiger partial charge in [0.15, 0.2) is 0 Å². The molecule has 2 aromatic rings. The zero-order valence-corrected chi connectivity index (χ0v) is 15.2. The number of hydrogen-bond acceptors (Lipinski definition) is 3. The number of ether oxygens (including phenoxy) is 1. The number of carbonyl (C=O) groups is 2. The van der Waals surface area contributed by atoms with Crippen LogP contribution in [0.3, 0.4) is 0 Å². The lowest BCUT2D eigenvalue weighted by Gasteiger charge is -2.20. The first-order chi connectivity index (χ1) is 12.6. The van der Waals surface area contributed by atoms with Crippen LogP contribution < -0.4 is 15.0 Å². The van der Waals surface area contributed by atoms with Crippen LogP contribution in [0.1, 0.15) is 24.5 Å². The van der Waals surface area contributed by atoms with Gasteiger partial charge in [-0.1, -0.05) is 37.3 Å². The van der Waals surface area contributed by atoms with Crippen LogP contribution in [0.15, 0.2) is 48.5 Å². The number of hydrogen-bond donors (Lipinski definition) is 1. The molecule has 1 saturated heterocycles. The molecule has 0 aromatic heterocycles. The Balaban J connectivity index is 1.63. The second-order valence-electron chi connectivity index (χ2n) is 6.46. The summed E-state index contributed by atoms with van der Waals surface area (Å²) in [6.07, 6.45) is 1.11. The standard InChI is InChI=1S/C21H24N2O3/c1-3-16-8-4-5-10-19(16)23-14-17(12-20(23)24)21(25)22-13-15-7-6-9-18(11-15)26-2/h4-11,17H,3,12-14H2,1-2H3,(H,22,25). The van der Waals surface area contributed by atoms with Crippen molar-refractivity contribution in [3.05, 3.63) is 59.7 Å². The average molecular weight is 352 g/mol. The second-order valence-corrected chi connectivity index (χ2v) is 6.46. The lowest BCUT2D eigenvalue weighted by Crippen LogP contribution is -2.32. The van der Waals surface area contributed by atoms with Gasteiger partial charge in [-0.05, 0) is 35.7 Å². The van der Waals surface area contributed by atoms with Gasteiger partial charge >= 0.3 is 0 Å². The fraction of sp³-hybridized carbons (Fsp3) is 0.333. The third-order valence-electron chi connectivity index (χ3n) is 4.76. The molecule has 1 N–H and O–H groups in total. The molecule has 1 aliphatic rings. The number of benzene rings is 2. The summed E-state index contributed by atoms with van der Waals surface area (Å²) in [6.45, 7) is 2.92. The summed E-state index contributed by atoms with van der Waals surface area (Å²) in [7, 11) is 1.62. The first kappa shape index (κ1) is 18.0. The molecule has 1 fully saturated rings. The maximum atomic E-state index is 12.5. The van der Waals surface area contributed by atoms with Crippen molar-refractivity contribution < 1.29 is 14.3 Å². The SMILES string of the molecule is CCc1ccccc1N1CC(C(=O)NCc2cccc(OC)c2)CC1=O. The van der Waals surface area contributed by atoms with Gasteiger partial charge in [0.2, 0.25) is 11.8 Å². The number of rotatable bonds is 6. The Morgan fingerprint density at radius 1 is 1.23 bits per heavy atom. The van der Waals surface area contributed by atoms with Gasteiger partial charge < -0.3 is 15.0 Å². The van der Waals surface area contributed by atoms with Gasteiger partial charge in [-0.25, -0.2) is 0 Å². The van der Waals surface area contributed by atoms with Gasteiger partial charge in [-0.15, -0.1) is 0 Å². The number of nitrogens with one attached hydrogen (secondary N) is 1. The number of amides is 2. The van der Waals surface area contributed by atoms with Crippen molar-refractivity contribution in [2.45, 2.75) is 26.3 Å². The van der Waals surface area contributed by atoms with Crippen LogP contribution >= 0.6 is 0 Å². The minimum Gasteiger partial charge on any atom is -0.497 e. The van der Waals surface area contributed by atoms with Crippen LogP contribution in [-0.2, 0) is 22.6 Å². The highest BCUT2D eigenvalue weighted by molar-refractivity contribution is 6.00. The van der Waals surface area contributed by atoms with Gasteiger partial charge in [0.25, 0.3) is 0 Å². The second kappa shape index (κ2) is 8.04. The highest BCUT2D eigenvalue weighted by Gasteiger charge is 2.35. The molecule has 1 heterocycles. The predicted molar refractivity (Wildman–Crippen MR) is 101 cm³/mol. The van der Waals surface area contributed by atoms with Crippen molar-refractivity contribution in [2.75, 3.05) is 18.6 Å². The Morgan fingerprint density at radius 3 is 2.81 bits per heavy atom. The topological polar surface area (TPSA) is 58.6 Å². The quantitative estimate of drug-likeness (QED) is 0.870. The Morgan fingerprint density at radius 2 is 2.04 bits per heavy atom. The summed E-state index contributed by atoms with van der Waals surface area (Å²) in [5.74, 6) is 0.359. The molecule has 0 saturated carbocycles. The van der Waals surface area contributed by atoms with E-state index < -0.39 is 0 Å². The van der Waals surface area contributed by atoms with Gasteiger partial charge in [-0.2, -0.15) is 0 Å². The molecule has 2 aromatic carbocycles. The molecule has 26 heavy (non-hydrogen) atoms. The number of para-hydroxylation sites is 1. The normalized spacial score (nSPS) is 16.6. The van der Waals surface area contributed by atoms with E-state index in [1.807, 2.05) is 48.5 Å². The summed E-state index contributed by atoms with van der Waals surface area (Å²) >= 11 is 0. The molecular formula is C21H24N2O3. The summed E-state index contributed by atoms with van der Waals surface area (Å²) in [4.78, 5) is 26.7. The highest BCUT2D eigenvalue weighted by Crippen LogP contribution is 2.28. The predicted octanol–water partition coefficient (Wildman–Crippen LogP) is 2.93. The van der Waals surface area contributed by atoms with Gasteiger partial charge in [-0.3, -0.25) is 9.59 Å². The molecule has 0 aliphatic carbocycles. The van der Waals surface area contributed by atoms with Crippen molar-refractivity contribution in [3.63, 3.8) is 0 Å². The monoisotopic (exact) mass is 352 g/mol. The first-order valence-electron chi connectivity index (χ1n) is 8.91. The molecule has 0 spiro atoms. The highest BCUT2D eigenvalue weighted by atomic mass is 16.5. The van der Waals surface area contributed by atoms with E-state index in [1.165, 1.54) is 0 Å². The third-order valence-corrected chi connectivity index (χ3v) is 4.76. The van der Waals surface area contributed by atoms with E-state index in [1.54, 1.807) is 12.0 Å². The molecule has 1 aliphatic heterocycles. The van der Waals surface area contributed by atoms with Crippen molar-refractivity contribution in [2.24, 2.45) is 5.92 Å². The van der Waals surface area contributed by atoms with Crippen molar-refractivity contribution in [1.29, 1.82) is 0 Å². The maximum absolute atomic E-state index is 12.5. The van der Waals surface area contributed by atoms with Crippen molar-refractivity contribution in [3.8, 4) is 5.75 Å². The summed E-state index contributed by atoms with van der Waals surface area (Å²) in [5.41, 5.74) is 3.01. The minimum atomic E-state index is -0.321. The minimum absolute atomic E-state index is 0.00688. The summed E-state index contributed by atoms with van der Waals surface area (Å²) < 4.78 is 5.20. The molecule has 136 valence electrons. The number of anilines is 1. The maximum Gasteiger partial charge on any atom is 0.227 e. The third kappa shape index (κ3) is 3.87.